The van der Waals surface area contributed by atoms with Gasteiger partial charge in [-0.15, -0.1) is 0 Å². The van der Waals surface area contributed by atoms with Crippen LogP contribution in [0.4, 0.5) is 0 Å². The van der Waals surface area contributed by atoms with E-state index in [0.717, 1.165) is 5.56 Å². The predicted octanol–water partition coefficient (Wildman–Crippen LogP) is 3.86. The molecule has 0 atom stereocenters. The Bertz CT molecular complexity index is 647. The van der Waals surface area contributed by atoms with Crippen molar-refractivity contribution in [1.29, 1.82) is 5.26 Å². The van der Waals surface area contributed by atoms with E-state index < -0.39 is 0 Å². The first kappa shape index (κ1) is 14.3. The van der Waals surface area contributed by atoms with Gasteiger partial charge in [0.1, 0.15) is 16.7 Å². The van der Waals surface area contributed by atoms with Gasteiger partial charge in [0.15, 0.2) is 0 Å². The zero-order valence-electron chi connectivity index (χ0n) is 11.4. The molecule has 2 aromatic rings. The highest BCUT2D eigenvalue weighted by molar-refractivity contribution is 6.30. The summed E-state index contributed by atoms with van der Waals surface area (Å²) in [6.45, 7) is 3.78. The largest absolute Gasteiger partial charge is 0.439 e. The highest BCUT2D eigenvalue weighted by Crippen LogP contribution is 2.27. The third-order valence-electron chi connectivity index (χ3n) is 2.83. The lowest BCUT2D eigenvalue weighted by molar-refractivity contribution is 0.454. The average molecular weight is 288 g/mol. The Morgan fingerprint density at radius 2 is 1.95 bits per heavy atom. The Morgan fingerprint density at radius 3 is 2.55 bits per heavy atom. The highest BCUT2D eigenvalue weighted by atomic mass is 35.5. The predicted molar refractivity (Wildman–Crippen MR) is 77.0 cm³/mol. The van der Waals surface area contributed by atoms with Gasteiger partial charge in [-0.2, -0.15) is 10.2 Å². The van der Waals surface area contributed by atoms with Gasteiger partial charge in [-0.05, 0) is 24.6 Å². The minimum absolute atomic E-state index is 0.388. The fourth-order valence-electron chi connectivity index (χ4n) is 1.65. The van der Waals surface area contributed by atoms with E-state index in [1.165, 1.54) is 0 Å². The molecule has 102 valence electrons. The molecular formula is C15H14ClN3O. The van der Waals surface area contributed by atoms with E-state index in [4.69, 9.17) is 21.6 Å². The molecule has 1 aromatic heterocycles. The third-order valence-corrected chi connectivity index (χ3v) is 3.19. The van der Waals surface area contributed by atoms with Crippen LogP contribution >= 0.6 is 11.6 Å². The van der Waals surface area contributed by atoms with Crippen LogP contribution in [0.15, 0.2) is 24.3 Å². The molecule has 0 amide bonds. The van der Waals surface area contributed by atoms with Gasteiger partial charge < -0.3 is 4.74 Å². The number of aromatic nitrogens is 2. The van der Waals surface area contributed by atoms with Crippen molar-refractivity contribution in [2.75, 3.05) is 0 Å². The number of aryl methyl sites for hydroxylation is 1. The lowest BCUT2D eigenvalue weighted by Gasteiger charge is -2.10. The summed E-state index contributed by atoms with van der Waals surface area (Å²) in [7, 11) is 0. The van der Waals surface area contributed by atoms with Crippen molar-refractivity contribution in [1.82, 2.24) is 9.97 Å². The number of hydrogen-bond acceptors (Lipinski definition) is 4. The lowest BCUT2D eigenvalue weighted by Crippen LogP contribution is -2.00. The second-order valence-electron chi connectivity index (χ2n) is 4.30. The zero-order valence-corrected chi connectivity index (χ0v) is 12.1. The molecule has 0 aliphatic carbocycles. The molecule has 0 saturated carbocycles. The maximum Gasteiger partial charge on any atom is 0.226 e. The van der Waals surface area contributed by atoms with E-state index in [9.17, 15) is 0 Å². The Morgan fingerprint density at radius 1 is 1.25 bits per heavy atom. The normalized spacial score (nSPS) is 10.1. The maximum absolute atomic E-state index is 8.64. The van der Waals surface area contributed by atoms with Crippen molar-refractivity contribution in [3.05, 3.63) is 46.4 Å². The van der Waals surface area contributed by atoms with Crippen LogP contribution in [-0.4, -0.2) is 9.97 Å². The Balaban J connectivity index is 2.25. The first-order valence-corrected chi connectivity index (χ1v) is 6.68. The van der Waals surface area contributed by atoms with E-state index >= 15 is 0 Å². The molecule has 0 radical (unpaired) electrons. The minimum atomic E-state index is 0.388. The van der Waals surface area contributed by atoms with Crippen LogP contribution < -0.4 is 4.74 Å². The van der Waals surface area contributed by atoms with E-state index in [2.05, 4.69) is 16.0 Å². The van der Waals surface area contributed by atoms with Gasteiger partial charge in [0.2, 0.25) is 5.88 Å². The van der Waals surface area contributed by atoms with Gasteiger partial charge in [-0.25, -0.2) is 4.98 Å². The van der Waals surface area contributed by atoms with E-state index in [1.807, 2.05) is 38.1 Å². The quantitative estimate of drug-likeness (QED) is 0.801. The number of ether oxygens (including phenoxy) is 1. The maximum atomic E-state index is 8.64. The van der Waals surface area contributed by atoms with Gasteiger partial charge >= 0.3 is 0 Å². The molecule has 5 heteroatoms. The summed E-state index contributed by atoms with van der Waals surface area (Å²) in [5.74, 6) is 1.78. The second kappa shape index (κ2) is 6.36. The molecule has 20 heavy (non-hydrogen) atoms. The number of nitrogens with zero attached hydrogens (tertiary/aromatic N) is 3. The Labute approximate surface area is 123 Å². The Kier molecular flexibility index (Phi) is 4.54. The van der Waals surface area contributed by atoms with Crippen LogP contribution in [0.5, 0.6) is 11.6 Å². The lowest BCUT2D eigenvalue weighted by atomic mass is 10.2. The molecule has 0 spiro atoms. The summed E-state index contributed by atoms with van der Waals surface area (Å²) < 4.78 is 5.75. The first-order valence-electron chi connectivity index (χ1n) is 6.30. The molecule has 0 unspecified atom stereocenters. The molecule has 1 heterocycles. The van der Waals surface area contributed by atoms with Crippen molar-refractivity contribution in [3.8, 4) is 17.7 Å². The Hall–Kier alpha value is -2.12. The molecular weight excluding hydrogens is 274 g/mol. The fourth-order valence-corrected chi connectivity index (χ4v) is 1.83. The van der Waals surface area contributed by atoms with E-state index in [1.54, 1.807) is 0 Å². The molecule has 0 bridgehead atoms. The molecule has 4 nitrogen and oxygen atoms in total. The van der Waals surface area contributed by atoms with Crippen molar-refractivity contribution in [2.45, 2.75) is 26.7 Å². The monoisotopic (exact) mass is 287 g/mol. The third kappa shape index (κ3) is 3.25. The van der Waals surface area contributed by atoms with Gasteiger partial charge in [0.05, 0.1) is 12.5 Å². The highest BCUT2D eigenvalue weighted by Gasteiger charge is 2.10. The number of nitriles is 1. The van der Waals surface area contributed by atoms with Gasteiger partial charge in [-0.3, -0.25) is 0 Å². The molecule has 0 saturated heterocycles. The standard InChI is InChI=1S/C15H14ClN3O/c1-3-13-18-14(16)10(2)15(19-13)20-12-6-4-11(5-7-12)8-9-17/h4-7H,3,8H2,1-2H3. The van der Waals surface area contributed by atoms with Crippen LogP contribution in [0.2, 0.25) is 5.15 Å². The van der Waals surface area contributed by atoms with Crippen molar-refractivity contribution >= 4 is 11.6 Å². The molecule has 0 N–H and O–H groups in total. The van der Waals surface area contributed by atoms with Gasteiger partial charge in [0, 0.05) is 12.0 Å². The van der Waals surface area contributed by atoms with Crippen LogP contribution in [0, 0.1) is 18.3 Å². The van der Waals surface area contributed by atoms with Gasteiger partial charge in [-0.1, -0.05) is 30.7 Å². The summed E-state index contributed by atoms with van der Waals surface area (Å²) in [5.41, 5.74) is 1.66. The topological polar surface area (TPSA) is 58.8 Å². The minimum Gasteiger partial charge on any atom is -0.439 e. The average Bonchev–Trinajstić information content (AvgIpc) is 2.46. The molecule has 1 aromatic carbocycles. The molecule has 0 aliphatic rings. The summed E-state index contributed by atoms with van der Waals surface area (Å²) in [6, 6.07) is 9.45. The van der Waals surface area contributed by atoms with Crippen LogP contribution in [0.25, 0.3) is 0 Å². The number of halogens is 1. The number of hydrogen-bond donors (Lipinski definition) is 0. The van der Waals surface area contributed by atoms with Crippen molar-refractivity contribution in [3.63, 3.8) is 0 Å². The first-order chi connectivity index (χ1) is 9.63. The molecule has 0 fully saturated rings. The van der Waals surface area contributed by atoms with Crippen LogP contribution in [0.1, 0.15) is 23.9 Å². The van der Waals surface area contributed by atoms with Crippen molar-refractivity contribution < 1.29 is 4.74 Å². The zero-order chi connectivity index (χ0) is 14.5. The number of rotatable bonds is 4. The fraction of sp³-hybridized carbons (Fsp3) is 0.267. The molecule has 2 rings (SSSR count). The summed E-state index contributed by atoms with van der Waals surface area (Å²) in [6.07, 6.45) is 1.08. The van der Waals surface area contributed by atoms with Gasteiger partial charge in [0.25, 0.3) is 0 Å². The second-order valence-corrected chi connectivity index (χ2v) is 4.65. The van der Waals surface area contributed by atoms with Crippen LogP contribution in [-0.2, 0) is 12.8 Å². The van der Waals surface area contributed by atoms with Crippen LogP contribution in [0.3, 0.4) is 0 Å². The van der Waals surface area contributed by atoms with E-state index in [0.29, 0.717) is 41.0 Å². The molecule has 0 aliphatic heterocycles. The number of benzene rings is 1. The summed E-state index contributed by atoms with van der Waals surface area (Å²) in [4.78, 5) is 8.51. The van der Waals surface area contributed by atoms with E-state index in [-0.39, 0.29) is 0 Å². The SMILES string of the molecule is CCc1nc(Cl)c(C)c(Oc2ccc(CC#N)cc2)n1. The van der Waals surface area contributed by atoms with Crippen molar-refractivity contribution in [2.24, 2.45) is 0 Å². The summed E-state index contributed by atoms with van der Waals surface area (Å²) >= 11 is 6.06. The smallest absolute Gasteiger partial charge is 0.226 e. The summed E-state index contributed by atoms with van der Waals surface area (Å²) in [5, 5.41) is 9.05.